The highest BCUT2D eigenvalue weighted by molar-refractivity contribution is 5.94. The summed E-state index contributed by atoms with van der Waals surface area (Å²) in [6.45, 7) is 5.80. The van der Waals surface area contributed by atoms with Gasteiger partial charge in [0, 0.05) is 31.0 Å². The van der Waals surface area contributed by atoms with Crippen molar-refractivity contribution in [3.05, 3.63) is 65.2 Å². The molecule has 1 amide bonds. The Kier molecular flexibility index (Phi) is 6.04. The van der Waals surface area contributed by atoms with E-state index >= 15 is 0 Å². The monoisotopic (exact) mass is 406 g/mol. The second-order valence-corrected chi connectivity index (χ2v) is 7.50. The van der Waals surface area contributed by atoms with Gasteiger partial charge in [-0.1, -0.05) is 12.1 Å². The minimum Gasteiger partial charge on any atom is -0.376 e. The molecule has 1 atom stereocenters. The van der Waals surface area contributed by atoms with Crippen LogP contribution < -0.4 is 10.6 Å². The van der Waals surface area contributed by atoms with Gasteiger partial charge >= 0.3 is 0 Å². The Bertz CT molecular complexity index is 1030. The first-order chi connectivity index (χ1) is 14.6. The first kappa shape index (κ1) is 20.0. The van der Waals surface area contributed by atoms with Crippen LogP contribution in [-0.4, -0.2) is 44.9 Å². The van der Waals surface area contributed by atoms with Crippen molar-refractivity contribution in [1.29, 1.82) is 0 Å². The van der Waals surface area contributed by atoms with Crippen LogP contribution in [-0.2, 0) is 11.3 Å². The normalized spacial score (nSPS) is 15.9. The smallest absolute Gasteiger partial charge is 0.251 e. The van der Waals surface area contributed by atoms with Gasteiger partial charge in [0.25, 0.3) is 5.91 Å². The van der Waals surface area contributed by atoms with Crippen LogP contribution in [0.1, 0.15) is 40.2 Å². The molecule has 0 spiro atoms. The SMILES string of the molecule is Cc1cc(C)n(-c2cncc(NCc3cccc(C(=O)NCC4CCCO4)c3)n2)n1. The van der Waals surface area contributed by atoms with E-state index in [9.17, 15) is 4.79 Å². The Labute approximate surface area is 175 Å². The van der Waals surface area contributed by atoms with Gasteiger partial charge in [-0.2, -0.15) is 5.10 Å². The van der Waals surface area contributed by atoms with Gasteiger partial charge in [-0.25, -0.2) is 9.67 Å². The largest absolute Gasteiger partial charge is 0.376 e. The van der Waals surface area contributed by atoms with Crippen LogP contribution in [0.4, 0.5) is 5.82 Å². The molecular formula is C22H26N6O2. The Morgan fingerprint density at radius 3 is 2.93 bits per heavy atom. The number of nitrogens with one attached hydrogen (secondary N) is 2. The lowest BCUT2D eigenvalue weighted by Crippen LogP contribution is -2.31. The molecule has 1 fully saturated rings. The molecule has 1 unspecified atom stereocenters. The predicted molar refractivity (Wildman–Crippen MR) is 114 cm³/mol. The number of carbonyl (C=O) groups is 1. The Morgan fingerprint density at radius 1 is 1.27 bits per heavy atom. The molecule has 0 bridgehead atoms. The van der Waals surface area contributed by atoms with E-state index < -0.39 is 0 Å². The molecular weight excluding hydrogens is 380 g/mol. The highest BCUT2D eigenvalue weighted by atomic mass is 16.5. The zero-order valence-corrected chi connectivity index (χ0v) is 17.3. The Morgan fingerprint density at radius 2 is 2.17 bits per heavy atom. The van der Waals surface area contributed by atoms with Crippen LogP contribution in [0.15, 0.2) is 42.7 Å². The second-order valence-electron chi connectivity index (χ2n) is 7.50. The zero-order chi connectivity index (χ0) is 20.9. The first-order valence-electron chi connectivity index (χ1n) is 10.2. The van der Waals surface area contributed by atoms with Crippen molar-refractivity contribution in [3.8, 4) is 5.82 Å². The summed E-state index contributed by atoms with van der Waals surface area (Å²) < 4.78 is 7.33. The first-order valence-corrected chi connectivity index (χ1v) is 10.2. The number of hydrogen-bond acceptors (Lipinski definition) is 6. The van der Waals surface area contributed by atoms with E-state index in [2.05, 4.69) is 25.7 Å². The number of hydrogen-bond donors (Lipinski definition) is 2. The number of anilines is 1. The number of carbonyl (C=O) groups excluding carboxylic acids is 1. The molecule has 8 nitrogen and oxygen atoms in total. The maximum Gasteiger partial charge on any atom is 0.251 e. The van der Waals surface area contributed by atoms with Crippen molar-refractivity contribution in [2.24, 2.45) is 0 Å². The molecule has 1 aliphatic heterocycles. The number of benzene rings is 1. The molecule has 0 saturated carbocycles. The number of rotatable bonds is 7. The van der Waals surface area contributed by atoms with Crippen molar-refractivity contribution in [2.75, 3.05) is 18.5 Å². The van der Waals surface area contributed by atoms with Gasteiger partial charge < -0.3 is 15.4 Å². The molecule has 0 aliphatic carbocycles. The van der Waals surface area contributed by atoms with E-state index in [1.54, 1.807) is 17.1 Å². The van der Waals surface area contributed by atoms with Crippen LogP contribution in [0.25, 0.3) is 5.82 Å². The Hall–Kier alpha value is -3.26. The molecule has 1 aromatic carbocycles. The molecule has 30 heavy (non-hydrogen) atoms. The molecule has 3 heterocycles. The van der Waals surface area contributed by atoms with E-state index in [0.717, 1.165) is 36.4 Å². The van der Waals surface area contributed by atoms with Crippen LogP contribution >= 0.6 is 0 Å². The number of aromatic nitrogens is 4. The van der Waals surface area contributed by atoms with Crippen molar-refractivity contribution < 1.29 is 9.53 Å². The summed E-state index contributed by atoms with van der Waals surface area (Å²) in [6, 6.07) is 9.56. The number of aryl methyl sites for hydroxylation is 2. The molecule has 0 radical (unpaired) electrons. The lowest BCUT2D eigenvalue weighted by molar-refractivity contribution is 0.0857. The lowest BCUT2D eigenvalue weighted by Gasteiger charge is -2.12. The summed E-state index contributed by atoms with van der Waals surface area (Å²) in [5.41, 5.74) is 3.55. The fourth-order valence-corrected chi connectivity index (χ4v) is 3.53. The molecule has 8 heteroatoms. The van der Waals surface area contributed by atoms with E-state index in [-0.39, 0.29) is 12.0 Å². The van der Waals surface area contributed by atoms with Crippen LogP contribution in [0.5, 0.6) is 0 Å². The van der Waals surface area contributed by atoms with E-state index in [1.807, 2.05) is 44.2 Å². The third-order valence-corrected chi connectivity index (χ3v) is 5.03. The van der Waals surface area contributed by atoms with Crippen molar-refractivity contribution in [3.63, 3.8) is 0 Å². The molecule has 2 N–H and O–H groups in total. The summed E-state index contributed by atoms with van der Waals surface area (Å²) in [5, 5.41) is 10.7. The van der Waals surface area contributed by atoms with Crippen LogP contribution in [0.3, 0.4) is 0 Å². The lowest BCUT2D eigenvalue weighted by atomic mass is 10.1. The molecule has 4 rings (SSSR count). The topological polar surface area (TPSA) is 94.0 Å². The molecule has 2 aromatic heterocycles. The van der Waals surface area contributed by atoms with E-state index in [1.165, 1.54) is 0 Å². The summed E-state index contributed by atoms with van der Waals surface area (Å²) in [6.07, 6.45) is 5.55. The third-order valence-electron chi connectivity index (χ3n) is 5.03. The molecule has 156 valence electrons. The number of ether oxygens (including phenoxy) is 1. The maximum absolute atomic E-state index is 12.4. The summed E-state index contributed by atoms with van der Waals surface area (Å²) in [4.78, 5) is 21.3. The van der Waals surface area contributed by atoms with Gasteiger partial charge in [-0.05, 0) is 50.5 Å². The van der Waals surface area contributed by atoms with Gasteiger partial charge in [0.1, 0.15) is 5.82 Å². The second kappa shape index (κ2) is 9.04. The number of amides is 1. The predicted octanol–water partition coefficient (Wildman–Crippen LogP) is 2.80. The van der Waals surface area contributed by atoms with Crippen LogP contribution in [0, 0.1) is 13.8 Å². The molecule has 1 saturated heterocycles. The van der Waals surface area contributed by atoms with Gasteiger partial charge in [0.05, 0.1) is 24.2 Å². The fourth-order valence-electron chi connectivity index (χ4n) is 3.53. The minimum atomic E-state index is -0.0846. The van der Waals surface area contributed by atoms with Crippen molar-refractivity contribution in [2.45, 2.75) is 39.3 Å². The van der Waals surface area contributed by atoms with Gasteiger partial charge in [-0.15, -0.1) is 0 Å². The van der Waals surface area contributed by atoms with Crippen molar-refractivity contribution in [1.82, 2.24) is 25.1 Å². The molecule has 1 aliphatic rings. The van der Waals surface area contributed by atoms with Gasteiger partial charge in [-0.3, -0.25) is 9.78 Å². The zero-order valence-electron chi connectivity index (χ0n) is 17.3. The van der Waals surface area contributed by atoms with Gasteiger partial charge in [0.2, 0.25) is 0 Å². The van der Waals surface area contributed by atoms with E-state index in [0.29, 0.717) is 30.3 Å². The highest BCUT2D eigenvalue weighted by Gasteiger charge is 2.16. The standard InChI is InChI=1S/C22H26N6O2/c1-15-9-16(2)28(27-15)21-14-23-13-20(26-21)24-11-17-5-3-6-18(10-17)22(29)25-12-19-7-4-8-30-19/h3,5-6,9-10,13-14,19H,4,7-8,11-12H2,1-2H3,(H,24,26)(H,25,29). The Balaban J connectivity index is 1.38. The number of nitrogens with zero attached hydrogens (tertiary/aromatic N) is 4. The van der Waals surface area contributed by atoms with E-state index in [4.69, 9.17) is 4.74 Å². The summed E-state index contributed by atoms with van der Waals surface area (Å²) in [7, 11) is 0. The average Bonchev–Trinajstić information content (AvgIpc) is 3.40. The fraction of sp³-hybridized carbons (Fsp3) is 0.364. The summed E-state index contributed by atoms with van der Waals surface area (Å²) in [5.74, 6) is 1.22. The highest BCUT2D eigenvalue weighted by Crippen LogP contribution is 2.14. The third kappa shape index (κ3) is 4.83. The molecule has 3 aromatic rings. The average molecular weight is 406 g/mol. The summed E-state index contributed by atoms with van der Waals surface area (Å²) >= 11 is 0. The quantitative estimate of drug-likeness (QED) is 0.627. The van der Waals surface area contributed by atoms with Gasteiger partial charge in [0.15, 0.2) is 5.82 Å². The van der Waals surface area contributed by atoms with Crippen LogP contribution in [0.2, 0.25) is 0 Å². The maximum atomic E-state index is 12.4. The van der Waals surface area contributed by atoms with Crippen molar-refractivity contribution >= 4 is 11.7 Å². The minimum absolute atomic E-state index is 0.0846.